The van der Waals surface area contributed by atoms with Gasteiger partial charge in [0.25, 0.3) is 0 Å². The highest BCUT2D eigenvalue weighted by Gasteiger charge is 2.56. The van der Waals surface area contributed by atoms with E-state index in [4.69, 9.17) is 14.2 Å². The topological polar surface area (TPSA) is 47.9 Å². The zero-order chi connectivity index (χ0) is 9.60. The summed E-state index contributed by atoms with van der Waals surface area (Å²) in [4.78, 5) is 0. The van der Waals surface area contributed by atoms with Crippen LogP contribution < -0.4 is 0 Å². The number of hydrogen-bond acceptors (Lipinski definition) is 4. The molecule has 2 heterocycles. The van der Waals surface area contributed by atoms with Crippen molar-refractivity contribution in [3.8, 4) is 0 Å². The number of hydrogen-bond donors (Lipinski definition) is 1. The molecule has 0 radical (unpaired) electrons. The minimum atomic E-state index is -0.419. The second kappa shape index (κ2) is 3.17. The molecule has 0 aromatic carbocycles. The van der Waals surface area contributed by atoms with Crippen molar-refractivity contribution in [3.05, 3.63) is 0 Å². The summed E-state index contributed by atoms with van der Waals surface area (Å²) in [6.07, 6.45) is 1.29. The summed E-state index contributed by atoms with van der Waals surface area (Å²) in [7, 11) is 0. The van der Waals surface area contributed by atoms with E-state index in [9.17, 15) is 5.11 Å². The fourth-order valence-corrected chi connectivity index (χ4v) is 3.05. The fourth-order valence-electron chi connectivity index (χ4n) is 3.05. The second-order valence-electron chi connectivity index (χ2n) is 4.47. The van der Waals surface area contributed by atoms with E-state index in [0.717, 1.165) is 12.8 Å². The van der Waals surface area contributed by atoms with Gasteiger partial charge in [0.1, 0.15) is 0 Å². The van der Waals surface area contributed by atoms with Gasteiger partial charge in [-0.3, -0.25) is 0 Å². The van der Waals surface area contributed by atoms with Gasteiger partial charge in [-0.2, -0.15) is 0 Å². The van der Waals surface area contributed by atoms with Gasteiger partial charge in [-0.1, -0.05) is 0 Å². The van der Waals surface area contributed by atoms with Gasteiger partial charge in [0.2, 0.25) is 0 Å². The van der Waals surface area contributed by atoms with Crippen molar-refractivity contribution in [1.82, 2.24) is 0 Å². The Morgan fingerprint density at radius 3 is 2.14 bits per heavy atom. The van der Waals surface area contributed by atoms with Crippen molar-refractivity contribution in [2.45, 2.75) is 24.7 Å². The summed E-state index contributed by atoms with van der Waals surface area (Å²) in [5.41, 5.74) is 0. The first-order valence-electron chi connectivity index (χ1n) is 5.35. The lowest BCUT2D eigenvalue weighted by atomic mass is 9.73. The van der Waals surface area contributed by atoms with Crippen LogP contribution in [-0.4, -0.2) is 43.4 Å². The minimum Gasteiger partial charge on any atom is -0.393 e. The highest BCUT2D eigenvalue weighted by atomic mass is 16.7. The van der Waals surface area contributed by atoms with Crippen LogP contribution in [0.1, 0.15) is 12.8 Å². The molecule has 0 aromatic rings. The largest absolute Gasteiger partial charge is 0.393 e. The predicted octanol–water partition coefficient (Wildman–Crippen LogP) is 0.147. The standard InChI is InChI=1S/C10H16O4/c11-9-3-7-5-12-6-8(4-9)10(7)13-1-2-14-10/h7-9,11H,1-6H2/t7-,8-/m0/s1. The molecule has 2 bridgehead atoms. The first-order valence-corrected chi connectivity index (χ1v) is 5.35. The molecule has 2 atom stereocenters. The van der Waals surface area contributed by atoms with Crippen LogP contribution in [0.5, 0.6) is 0 Å². The fraction of sp³-hybridized carbons (Fsp3) is 1.00. The van der Waals surface area contributed by atoms with Gasteiger partial charge in [-0.05, 0) is 12.8 Å². The van der Waals surface area contributed by atoms with Gasteiger partial charge in [-0.15, -0.1) is 0 Å². The zero-order valence-electron chi connectivity index (χ0n) is 8.15. The third-order valence-corrected chi connectivity index (χ3v) is 3.63. The quantitative estimate of drug-likeness (QED) is 0.604. The maximum Gasteiger partial charge on any atom is 0.178 e. The Labute approximate surface area is 83.1 Å². The number of ether oxygens (including phenoxy) is 3. The molecule has 1 saturated carbocycles. The summed E-state index contributed by atoms with van der Waals surface area (Å²) >= 11 is 0. The van der Waals surface area contributed by atoms with E-state index in [1.165, 1.54) is 0 Å². The molecule has 0 aromatic heterocycles. The number of rotatable bonds is 0. The maximum atomic E-state index is 9.69. The van der Waals surface area contributed by atoms with Gasteiger partial charge < -0.3 is 19.3 Å². The minimum absolute atomic E-state index is 0.202. The molecule has 4 heteroatoms. The SMILES string of the molecule is OC1C[C@H]2COC[C@H](C1)C21OCCO1. The normalized spacial score (nSPS) is 45.6. The molecule has 3 aliphatic rings. The highest BCUT2D eigenvalue weighted by Crippen LogP contribution is 2.47. The van der Waals surface area contributed by atoms with Crippen molar-refractivity contribution >= 4 is 0 Å². The van der Waals surface area contributed by atoms with Gasteiger partial charge in [-0.25, -0.2) is 0 Å². The molecule has 0 unspecified atom stereocenters. The van der Waals surface area contributed by atoms with Crippen molar-refractivity contribution in [3.63, 3.8) is 0 Å². The smallest absolute Gasteiger partial charge is 0.178 e. The molecule has 1 spiro atoms. The lowest BCUT2D eigenvalue weighted by Crippen LogP contribution is -2.58. The maximum absolute atomic E-state index is 9.69. The molecule has 4 nitrogen and oxygen atoms in total. The summed E-state index contributed by atoms with van der Waals surface area (Å²) in [5.74, 6) is 0.0114. The van der Waals surface area contributed by atoms with Crippen molar-refractivity contribution < 1.29 is 19.3 Å². The summed E-state index contributed by atoms with van der Waals surface area (Å²) in [6, 6.07) is 0. The van der Waals surface area contributed by atoms with Gasteiger partial charge in [0, 0.05) is 11.8 Å². The molecule has 3 rings (SSSR count). The molecule has 14 heavy (non-hydrogen) atoms. The Hall–Kier alpha value is -0.160. The lowest BCUT2D eigenvalue weighted by molar-refractivity contribution is -0.297. The molecule has 3 fully saturated rings. The molecule has 1 N–H and O–H groups in total. The Morgan fingerprint density at radius 2 is 1.57 bits per heavy atom. The van der Waals surface area contributed by atoms with Gasteiger partial charge >= 0.3 is 0 Å². The zero-order valence-corrected chi connectivity index (χ0v) is 8.15. The molecular weight excluding hydrogens is 184 g/mol. The van der Waals surface area contributed by atoms with Crippen LogP contribution in [-0.2, 0) is 14.2 Å². The predicted molar refractivity (Wildman–Crippen MR) is 47.7 cm³/mol. The van der Waals surface area contributed by atoms with E-state index in [0.29, 0.717) is 26.4 Å². The monoisotopic (exact) mass is 200 g/mol. The van der Waals surface area contributed by atoms with Crippen LogP contribution in [0, 0.1) is 11.8 Å². The number of aliphatic hydroxyl groups is 1. The molecule has 0 amide bonds. The van der Waals surface area contributed by atoms with Crippen molar-refractivity contribution in [2.24, 2.45) is 11.8 Å². The van der Waals surface area contributed by atoms with Crippen LogP contribution >= 0.6 is 0 Å². The van der Waals surface area contributed by atoms with Crippen LogP contribution in [0.3, 0.4) is 0 Å². The first kappa shape index (κ1) is 9.09. The van der Waals surface area contributed by atoms with E-state index in [2.05, 4.69) is 0 Å². The average Bonchev–Trinajstić information content (AvgIpc) is 2.58. The molecule has 1 aliphatic carbocycles. The third kappa shape index (κ3) is 1.15. The number of aliphatic hydroxyl groups excluding tert-OH is 1. The summed E-state index contributed by atoms with van der Waals surface area (Å²) < 4.78 is 17.1. The first-order chi connectivity index (χ1) is 6.81. The van der Waals surface area contributed by atoms with Crippen molar-refractivity contribution in [2.75, 3.05) is 26.4 Å². The van der Waals surface area contributed by atoms with Crippen LogP contribution in [0.15, 0.2) is 0 Å². The van der Waals surface area contributed by atoms with Gasteiger partial charge in [0.05, 0.1) is 32.5 Å². The third-order valence-electron chi connectivity index (χ3n) is 3.63. The molecule has 2 aliphatic heterocycles. The summed E-state index contributed by atoms with van der Waals surface area (Å²) in [5, 5.41) is 9.69. The molecule has 2 saturated heterocycles. The van der Waals surface area contributed by atoms with E-state index in [1.54, 1.807) is 0 Å². The highest BCUT2D eigenvalue weighted by molar-refractivity contribution is 4.98. The molecular formula is C10H16O4. The van der Waals surface area contributed by atoms with E-state index < -0.39 is 5.79 Å². The van der Waals surface area contributed by atoms with Crippen LogP contribution in [0.25, 0.3) is 0 Å². The van der Waals surface area contributed by atoms with Gasteiger partial charge in [0.15, 0.2) is 5.79 Å². The second-order valence-corrected chi connectivity index (χ2v) is 4.47. The average molecular weight is 200 g/mol. The van der Waals surface area contributed by atoms with Crippen molar-refractivity contribution in [1.29, 1.82) is 0 Å². The Bertz CT molecular complexity index is 208. The van der Waals surface area contributed by atoms with E-state index in [-0.39, 0.29) is 17.9 Å². The Morgan fingerprint density at radius 1 is 1.00 bits per heavy atom. The molecule has 80 valence electrons. The Kier molecular flexibility index (Phi) is 2.06. The lowest BCUT2D eigenvalue weighted by Gasteiger charge is -2.49. The Balaban J connectivity index is 1.89. The van der Waals surface area contributed by atoms with Crippen LogP contribution in [0.2, 0.25) is 0 Å². The van der Waals surface area contributed by atoms with E-state index >= 15 is 0 Å². The summed E-state index contributed by atoms with van der Waals surface area (Å²) in [6.45, 7) is 2.69. The van der Waals surface area contributed by atoms with E-state index in [1.807, 2.05) is 0 Å². The van der Waals surface area contributed by atoms with Crippen LogP contribution in [0.4, 0.5) is 0 Å².